The number of thioether (sulfide) groups is 1. The van der Waals surface area contributed by atoms with E-state index in [1.54, 1.807) is 13.2 Å². The Balaban J connectivity index is 2.13. The van der Waals surface area contributed by atoms with E-state index in [9.17, 15) is 9.90 Å². The molecule has 0 saturated carbocycles. The van der Waals surface area contributed by atoms with Crippen molar-refractivity contribution in [2.45, 2.75) is 17.2 Å². The average molecular weight is 292 g/mol. The summed E-state index contributed by atoms with van der Waals surface area (Å²) in [5, 5.41) is 13.1. The van der Waals surface area contributed by atoms with Crippen LogP contribution < -0.4 is 5.32 Å². The number of benzene rings is 1. The first-order valence-corrected chi connectivity index (χ1v) is 7.18. The number of carbonyl (C=O) groups is 1. The van der Waals surface area contributed by atoms with E-state index >= 15 is 0 Å². The highest BCUT2D eigenvalue weighted by atomic mass is 32.2. The average Bonchev–Trinajstić information content (AvgIpc) is 2.97. The summed E-state index contributed by atoms with van der Waals surface area (Å²) in [5.41, 5.74) is -0.357. The van der Waals surface area contributed by atoms with Gasteiger partial charge in [-0.3, -0.25) is 0 Å². The van der Waals surface area contributed by atoms with Crippen LogP contribution in [0.4, 0.5) is 0 Å². The summed E-state index contributed by atoms with van der Waals surface area (Å²) in [4.78, 5) is 15.7. The molecule has 0 aliphatic rings. The quantitative estimate of drug-likeness (QED) is 0.763. The third kappa shape index (κ3) is 3.02. The number of carboxylic acid groups (broad SMARTS) is 1. The number of hydrogen-bond acceptors (Lipinski definition) is 5. The summed E-state index contributed by atoms with van der Waals surface area (Å²) in [6.07, 6.45) is 3.50. The number of rotatable bonds is 7. The van der Waals surface area contributed by atoms with Crippen LogP contribution >= 0.6 is 11.8 Å². The molecule has 0 aliphatic carbocycles. The van der Waals surface area contributed by atoms with E-state index in [1.165, 1.54) is 18.0 Å². The molecule has 2 aromatic rings. The lowest BCUT2D eigenvalue weighted by Gasteiger charge is -2.29. The molecule has 1 unspecified atom stereocenters. The predicted octanol–water partition coefficient (Wildman–Crippen LogP) is 2.36. The van der Waals surface area contributed by atoms with Gasteiger partial charge in [-0.05, 0) is 19.0 Å². The number of nitrogens with one attached hydrogen (secondary N) is 1. The van der Waals surface area contributed by atoms with Crippen LogP contribution in [0.15, 0.2) is 52.4 Å². The second-order valence-corrected chi connectivity index (χ2v) is 5.27. The molecule has 2 N–H and O–H groups in total. The van der Waals surface area contributed by atoms with Crippen LogP contribution in [-0.4, -0.2) is 28.9 Å². The van der Waals surface area contributed by atoms with Gasteiger partial charge in [0, 0.05) is 5.75 Å². The Morgan fingerprint density at radius 2 is 2.20 bits per heavy atom. The third-order valence-electron chi connectivity index (χ3n) is 3.17. The molecule has 0 saturated heterocycles. The molecule has 0 amide bonds. The van der Waals surface area contributed by atoms with Crippen molar-refractivity contribution in [1.29, 1.82) is 0 Å². The second kappa shape index (κ2) is 6.58. The first-order valence-electron chi connectivity index (χ1n) is 6.19. The molecular formula is C14H16N2O3S. The Kier molecular flexibility index (Phi) is 4.81. The van der Waals surface area contributed by atoms with Crippen LogP contribution in [0.1, 0.15) is 12.0 Å². The van der Waals surface area contributed by atoms with Crippen molar-refractivity contribution < 1.29 is 14.3 Å². The number of hydrogen-bond donors (Lipinski definition) is 2. The van der Waals surface area contributed by atoms with Crippen molar-refractivity contribution in [1.82, 2.24) is 10.3 Å². The Labute approximate surface area is 121 Å². The molecule has 0 spiro atoms. The van der Waals surface area contributed by atoms with E-state index in [-0.39, 0.29) is 0 Å². The highest BCUT2D eigenvalue weighted by Gasteiger charge is 2.38. The minimum absolute atomic E-state index is 0.426. The van der Waals surface area contributed by atoms with Gasteiger partial charge in [-0.1, -0.05) is 42.1 Å². The Hall–Kier alpha value is -1.79. The summed E-state index contributed by atoms with van der Waals surface area (Å²) in [6, 6.07) is 9.19. The maximum Gasteiger partial charge on any atom is 0.328 e. The van der Waals surface area contributed by atoms with Crippen LogP contribution in [0.25, 0.3) is 0 Å². The van der Waals surface area contributed by atoms with Crippen LogP contribution in [0.2, 0.25) is 0 Å². The highest BCUT2D eigenvalue weighted by Crippen LogP contribution is 2.28. The molecule has 0 bridgehead atoms. The molecular weight excluding hydrogens is 276 g/mol. The zero-order valence-electron chi connectivity index (χ0n) is 11.1. The van der Waals surface area contributed by atoms with E-state index in [0.29, 0.717) is 17.4 Å². The molecule has 6 heteroatoms. The largest absolute Gasteiger partial charge is 0.480 e. The van der Waals surface area contributed by atoms with E-state index in [0.717, 1.165) is 5.56 Å². The van der Waals surface area contributed by atoms with Gasteiger partial charge in [-0.2, -0.15) is 0 Å². The summed E-state index contributed by atoms with van der Waals surface area (Å²) in [7, 11) is 1.66. The maximum absolute atomic E-state index is 11.7. The standard InChI is InChI=1S/C14H16N2O3S/c1-15-14(12(17)18,11-5-3-2-4-6-11)7-10-20-13-16-8-9-19-13/h2-6,8-9,15H,7,10H2,1H3,(H,17,18). The zero-order valence-corrected chi connectivity index (χ0v) is 11.9. The molecule has 0 radical (unpaired) electrons. The van der Waals surface area contributed by atoms with Crippen molar-refractivity contribution in [2.75, 3.05) is 12.8 Å². The molecule has 2 rings (SSSR count). The fourth-order valence-electron chi connectivity index (χ4n) is 2.05. The Morgan fingerprint density at radius 3 is 2.75 bits per heavy atom. The first kappa shape index (κ1) is 14.6. The van der Waals surface area contributed by atoms with E-state index < -0.39 is 11.5 Å². The van der Waals surface area contributed by atoms with Gasteiger partial charge in [0.05, 0.1) is 6.20 Å². The number of oxazole rings is 1. The molecule has 0 fully saturated rings. The van der Waals surface area contributed by atoms with Crippen molar-refractivity contribution >= 4 is 17.7 Å². The van der Waals surface area contributed by atoms with E-state index in [2.05, 4.69) is 10.3 Å². The summed E-state index contributed by atoms with van der Waals surface area (Å²) in [5.74, 6) is -0.304. The van der Waals surface area contributed by atoms with Crippen molar-refractivity contribution in [2.24, 2.45) is 0 Å². The molecule has 20 heavy (non-hydrogen) atoms. The van der Waals surface area contributed by atoms with Crippen molar-refractivity contribution in [3.63, 3.8) is 0 Å². The first-order chi connectivity index (χ1) is 9.69. The smallest absolute Gasteiger partial charge is 0.328 e. The maximum atomic E-state index is 11.7. The van der Waals surface area contributed by atoms with Gasteiger partial charge in [0.1, 0.15) is 11.8 Å². The van der Waals surface area contributed by atoms with Crippen LogP contribution in [-0.2, 0) is 10.3 Å². The van der Waals surface area contributed by atoms with Gasteiger partial charge in [-0.25, -0.2) is 9.78 Å². The Morgan fingerprint density at radius 1 is 1.45 bits per heavy atom. The lowest BCUT2D eigenvalue weighted by atomic mass is 9.87. The lowest BCUT2D eigenvalue weighted by molar-refractivity contribution is -0.145. The van der Waals surface area contributed by atoms with E-state index in [4.69, 9.17) is 4.42 Å². The van der Waals surface area contributed by atoms with Gasteiger partial charge in [0.15, 0.2) is 0 Å². The number of aromatic nitrogens is 1. The van der Waals surface area contributed by atoms with Crippen LogP contribution in [0, 0.1) is 0 Å². The van der Waals surface area contributed by atoms with Gasteiger partial charge in [0.2, 0.25) is 0 Å². The van der Waals surface area contributed by atoms with Gasteiger partial charge in [-0.15, -0.1) is 0 Å². The topological polar surface area (TPSA) is 75.4 Å². The second-order valence-electron chi connectivity index (χ2n) is 4.22. The zero-order chi connectivity index (χ0) is 14.4. The summed E-state index contributed by atoms with van der Waals surface area (Å²) < 4.78 is 5.13. The summed E-state index contributed by atoms with van der Waals surface area (Å²) >= 11 is 1.40. The number of aliphatic carboxylic acids is 1. The highest BCUT2D eigenvalue weighted by molar-refractivity contribution is 7.99. The number of likely N-dealkylation sites (N-methyl/N-ethyl adjacent to an activating group) is 1. The van der Waals surface area contributed by atoms with Gasteiger partial charge in [0.25, 0.3) is 5.22 Å². The molecule has 106 valence electrons. The number of carboxylic acids is 1. The molecule has 1 aromatic heterocycles. The van der Waals surface area contributed by atoms with Crippen LogP contribution in [0.5, 0.6) is 0 Å². The fourth-order valence-corrected chi connectivity index (χ4v) is 2.89. The molecule has 1 heterocycles. The molecule has 5 nitrogen and oxygen atoms in total. The van der Waals surface area contributed by atoms with Crippen LogP contribution in [0.3, 0.4) is 0 Å². The minimum Gasteiger partial charge on any atom is -0.480 e. The molecule has 1 aromatic carbocycles. The molecule has 1 atom stereocenters. The predicted molar refractivity (Wildman–Crippen MR) is 76.7 cm³/mol. The van der Waals surface area contributed by atoms with Gasteiger partial charge < -0.3 is 14.8 Å². The molecule has 0 aliphatic heterocycles. The van der Waals surface area contributed by atoms with Crippen molar-refractivity contribution in [3.05, 3.63) is 48.4 Å². The minimum atomic E-state index is -1.10. The normalized spacial score (nSPS) is 13.8. The van der Waals surface area contributed by atoms with Gasteiger partial charge >= 0.3 is 5.97 Å². The number of nitrogens with zero attached hydrogens (tertiary/aromatic N) is 1. The lowest BCUT2D eigenvalue weighted by Crippen LogP contribution is -2.47. The summed E-state index contributed by atoms with van der Waals surface area (Å²) in [6.45, 7) is 0. The fraction of sp³-hybridized carbons (Fsp3) is 0.286. The SMILES string of the molecule is CNC(CCSc1ncco1)(C(=O)O)c1ccccc1. The monoisotopic (exact) mass is 292 g/mol. The van der Waals surface area contributed by atoms with Crippen molar-refractivity contribution in [3.8, 4) is 0 Å². The van der Waals surface area contributed by atoms with E-state index in [1.807, 2.05) is 30.3 Å². The Bertz CT molecular complexity index is 545. The third-order valence-corrected chi connectivity index (χ3v) is 4.03.